The Kier molecular flexibility index (Phi) is 16.6. The Bertz CT molecular complexity index is 2910. The molecule has 0 bridgehead atoms. The molecule has 2 aliphatic rings. The highest BCUT2D eigenvalue weighted by Gasteiger charge is 2.31. The van der Waals surface area contributed by atoms with Gasteiger partial charge in [-0.05, 0) is 61.1 Å². The highest BCUT2D eigenvalue weighted by atomic mass is 35.5. The van der Waals surface area contributed by atoms with Crippen LogP contribution in [0.15, 0.2) is 76.9 Å². The summed E-state index contributed by atoms with van der Waals surface area (Å²) in [7, 11) is 0. The molecule has 2 aromatic heterocycles. The second kappa shape index (κ2) is 22.2. The zero-order valence-corrected chi connectivity index (χ0v) is 40.8. The van der Waals surface area contributed by atoms with Crippen LogP contribution < -0.4 is 32.0 Å². The Morgan fingerprint density at radius 2 is 1.00 bits per heavy atom. The van der Waals surface area contributed by atoms with Crippen LogP contribution in [0.3, 0.4) is 0 Å². The normalized spacial score (nSPS) is 16.6. The van der Waals surface area contributed by atoms with E-state index >= 15 is 0 Å². The summed E-state index contributed by atoms with van der Waals surface area (Å²) in [6, 6.07) is 8.32. The molecule has 4 N–H and O–H groups in total. The van der Waals surface area contributed by atoms with Crippen LogP contribution in [0.5, 0.6) is 11.5 Å². The van der Waals surface area contributed by atoms with Gasteiger partial charge in [-0.15, -0.1) is 20.4 Å². The molecule has 4 heterocycles. The van der Waals surface area contributed by atoms with Gasteiger partial charge in [-0.1, -0.05) is 74.1 Å². The number of rotatable bonds is 14. The number of benzene rings is 2. The minimum atomic E-state index is -1.18. The maximum Gasteiger partial charge on any atom is 0.508 e. The minimum Gasteiger partial charge on any atom is -0.434 e. The van der Waals surface area contributed by atoms with E-state index in [1.165, 1.54) is 46.4 Å². The van der Waals surface area contributed by atoms with E-state index in [1.807, 2.05) is 37.7 Å². The predicted molar refractivity (Wildman–Crippen MR) is 253 cm³/mol. The van der Waals surface area contributed by atoms with E-state index in [0.717, 1.165) is 9.36 Å². The summed E-state index contributed by atoms with van der Waals surface area (Å²) in [5.74, 6) is -0.484. The highest BCUT2D eigenvalue weighted by Crippen LogP contribution is 2.38. The molecular weight excluding hydrogens is 1000 g/mol. The predicted octanol–water partition coefficient (Wildman–Crippen LogP) is 4.74. The molecule has 23 nitrogen and oxygen atoms in total. The van der Waals surface area contributed by atoms with Gasteiger partial charge in [0.15, 0.2) is 24.0 Å². The van der Waals surface area contributed by atoms with Crippen LogP contribution in [0.25, 0.3) is 11.4 Å². The third kappa shape index (κ3) is 12.1. The number of ether oxygens (including phenoxy) is 4. The summed E-state index contributed by atoms with van der Waals surface area (Å²) in [5.41, 5.74) is -3.81. The largest absolute Gasteiger partial charge is 0.508 e. The van der Waals surface area contributed by atoms with Gasteiger partial charge in [0.05, 0.1) is 31.5 Å². The van der Waals surface area contributed by atoms with Crippen LogP contribution in [0, 0.1) is 34.5 Å². The average molecular weight is 1040 g/mol. The van der Waals surface area contributed by atoms with Crippen molar-refractivity contribution in [1.29, 1.82) is 10.5 Å². The number of hydrogen-bond donors (Lipinski definition) is 4. The number of carbonyl (C=O) groups is 1. The molecule has 0 aliphatic carbocycles. The average Bonchev–Trinajstić information content (AvgIpc) is 3.28. The van der Waals surface area contributed by atoms with Gasteiger partial charge in [0.1, 0.15) is 24.3 Å². The summed E-state index contributed by atoms with van der Waals surface area (Å²) in [4.78, 5) is 65.5. The molecule has 4 atom stereocenters. The van der Waals surface area contributed by atoms with E-state index in [9.17, 15) is 44.7 Å². The maximum absolute atomic E-state index is 12.9. The number of hydrazone groups is 2. The number of nitrogens with one attached hydrogen (secondary N) is 2. The van der Waals surface area contributed by atoms with E-state index in [1.54, 1.807) is 26.0 Å². The van der Waals surface area contributed by atoms with Crippen molar-refractivity contribution in [2.24, 2.45) is 22.0 Å². The topological polar surface area (TPSA) is 309 Å². The molecule has 2 aliphatic heterocycles. The SMILES string of the molecule is CC(CCN1N=C(Oc2c(Cl)cc(-n3nc(C#N)c(=O)[nH]c3=O)cc2Cl)C=C(C(C)C)C1O)OC(=O)OC(C)CCN1N=C(Oc2c(Cl)cc(-n3nc(C#N)c(=O)[nH]c3=O)cc2Cl)C=C(C(C)C)C1O. The van der Waals surface area contributed by atoms with Crippen molar-refractivity contribution < 1.29 is 34.0 Å². The molecule has 27 heteroatoms. The smallest absolute Gasteiger partial charge is 0.434 e. The van der Waals surface area contributed by atoms with E-state index in [2.05, 4.69) is 20.4 Å². The van der Waals surface area contributed by atoms with E-state index in [-0.39, 0.29) is 92.5 Å². The molecule has 0 fully saturated rings. The molecule has 70 heavy (non-hydrogen) atoms. The zero-order chi connectivity index (χ0) is 51.3. The Morgan fingerprint density at radius 1 is 0.657 bits per heavy atom. The number of hydrogen-bond acceptors (Lipinski definition) is 19. The lowest BCUT2D eigenvalue weighted by Crippen LogP contribution is -2.40. The molecular formula is C43H42Cl4N12O11. The number of aromatic amines is 2. The number of aromatic nitrogens is 6. The molecule has 0 saturated heterocycles. The number of nitriles is 2. The lowest BCUT2D eigenvalue weighted by molar-refractivity contribution is -0.0182. The van der Waals surface area contributed by atoms with E-state index in [0.29, 0.717) is 11.1 Å². The van der Waals surface area contributed by atoms with Crippen LogP contribution in [-0.4, -0.2) is 105 Å². The van der Waals surface area contributed by atoms with Crippen molar-refractivity contribution in [3.05, 3.63) is 121 Å². The molecule has 0 spiro atoms. The van der Waals surface area contributed by atoms with Crippen LogP contribution in [-0.2, 0) is 9.47 Å². The molecule has 4 aromatic rings. The third-order valence-corrected chi connectivity index (χ3v) is 11.5. The van der Waals surface area contributed by atoms with Gasteiger partial charge in [0.2, 0.25) is 23.2 Å². The molecule has 0 amide bonds. The van der Waals surface area contributed by atoms with Crippen molar-refractivity contribution in [2.75, 3.05) is 13.1 Å². The number of aliphatic hydroxyl groups excluding tert-OH is 2. The van der Waals surface area contributed by atoms with Gasteiger partial charge < -0.3 is 29.2 Å². The first kappa shape index (κ1) is 52.4. The van der Waals surface area contributed by atoms with Crippen molar-refractivity contribution in [3.63, 3.8) is 0 Å². The first-order chi connectivity index (χ1) is 33.1. The third-order valence-electron chi connectivity index (χ3n) is 10.4. The summed E-state index contributed by atoms with van der Waals surface area (Å²) in [6.45, 7) is 10.8. The van der Waals surface area contributed by atoms with E-state index < -0.39 is 64.7 Å². The number of nitrogens with zero attached hydrogens (tertiary/aromatic N) is 10. The lowest BCUT2D eigenvalue weighted by atomic mass is 10.00. The Morgan fingerprint density at radius 3 is 1.31 bits per heavy atom. The van der Waals surface area contributed by atoms with Crippen LogP contribution in [0.1, 0.15) is 65.8 Å². The molecule has 2 aromatic carbocycles. The van der Waals surface area contributed by atoms with Gasteiger partial charge in [0, 0.05) is 38.1 Å². The number of aliphatic hydroxyl groups is 2. The van der Waals surface area contributed by atoms with Crippen LogP contribution >= 0.6 is 46.4 Å². The lowest BCUT2D eigenvalue weighted by Gasteiger charge is -2.33. The molecule has 0 radical (unpaired) electrons. The summed E-state index contributed by atoms with van der Waals surface area (Å²) in [6.07, 6.45) is -1.39. The molecule has 6 rings (SSSR count). The van der Waals surface area contributed by atoms with Crippen LogP contribution in [0.4, 0.5) is 4.79 Å². The monoisotopic (exact) mass is 1040 g/mol. The van der Waals surface area contributed by atoms with E-state index in [4.69, 9.17) is 65.4 Å². The molecule has 0 saturated carbocycles. The molecule has 368 valence electrons. The second-order valence-electron chi connectivity index (χ2n) is 16.2. The standard InChI is InChI=1S/C43H42Cl4N12O11/c1-19(2)25-15-33(69-35-27(44)11-23(12-28(35)45)58-41(64)50-37(60)31(17-48)52-58)54-56(39(25)62)9-7-21(5)67-43(66)68-22(6)8-10-57-40(63)26(20(3)4)16-34(55-57)70-36-29(46)13-24(14-30(36)47)59-42(65)51-38(61)32(18-49)53-59/h11-16,19-22,39-40,62-63H,7-10H2,1-6H3,(H,50,60,64)(H,51,61,65). The fourth-order valence-electron chi connectivity index (χ4n) is 6.71. The van der Waals surface area contributed by atoms with Crippen molar-refractivity contribution >= 4 is 64.4 Å². The molecule has 4 unspecified atom stereocenters. The van der Waals surface area contributed by atoms with Gasteiger partial charge in [0.25, 0.3) is 11.1 Å². The summed E-state index contributed by atoms with van der Waals surface area (Å²) >= 11 is 26.1. The first-order valence-electron chi connectivity index (χ1n) is 21.1. The van der Waals surface area contributed by atoms with Gasteiger partial charge in [-0.2, -0.15) is 19.9 Å². The minimum absolute atomic E-state index is 0.00443. The quantitative estimate of drug-likeness (QED) is 0.124. The van der Waals surface area contributed by atoms with Crippen LogP contribution in [0.2, 0.25) is 20.1 Å². The Labute approximate surface area is 416 Å². The number of carbonyl (C=O) groups excluding carboxylic acids is 1. The summed E-state index contributed by atoms with van der Waals surface area (Å²) < 4.78 is 24.5. The highest BCUT2D eigenvalue weighted by molar-refractivity contribution is 6.38. The Balaban J connectivity index is 1.06. The summed E-state index contributed by atoms with van der Waals surface area (Å²) in [5, 5.41) is 59.6. The van der Waals surface area contributed by atoms with Crippen molar-refractivity contribution in [3.8, 4) is 35.0 Å². The first-order valence-corrected chi connectivity index (χ1v) is 22.6. The zero-order valence-electron chi connectivity index (χ0n) is 37.8. The Hall–Kier alpha value is -6.99. The fraction of sp³-hybridized carbons (Fsp3) is 0.372. The van der Waals surface area contributed by atoms with Gasteiger partial charge in [-0.3, -0.25) is 29.6 Å². The van der Waals surface area contributed by atoms with Crippen molar-refractivity contribution in [1.82, 2.24) is 39.5 Å². The van der Waals surface area contributed by atoms with Crippen molar-refractivity contribution in [2.45, 2.75) is 79.0 Å². The fourth-order valence-corrected chi connectivity index (χ4v) is 7.82. The maximum atomic E-state index is 12.9. The van der Waals surface area contributed by atoms with Gasteiger partial charge in [-0.25, -0.2) is 14.4 Å². The van der Waals surface area contributed by atoms with Gasteiger partial charge >= 0.3 is 17.5 Å². The second-order valence-corrected chi connectivity index (χ2v) is 17.8. The number of H-pyrrole nitrogens is 2. The number of halogens is 4.